The number of likely N-dealkylation sites (tertiary alicyclic amines) is 1. The lowest BCUT2D eigenvalue weighted by molar-refractivity contribution is -0.126. The Hall–Kier alpha value is -1.91. The van der Waals surface area contributed by atoms with Crippen LogP contribution < -0.4 is 5.32 Å². The smallest absolute Gasteiger partial charge is 0.253 e. The highest BCUT2D eigenvalue weighted by molar-refractivity contribution is 5.94. The Morgan fingerprint density at radius 1 is 1.21 bits per heavy atom. The maximum absolute atomic E-state index is 13.2. The van der Waals surface area contributed by atoms with Crippen molar-refractivity contribution >= 4 is 11.8 Å². The van der Waals surface area contributed by atoms with E-state index in [-0.39, 0.29) is 17.7 Å². The molecule has 0 spiro atoms. The van der Waals surface area contributed by atoms with E-state index in [4.69, 9.17) is 0 Å². The third-order valence-corrected chi connectivity index (χ3v) is 4.55. The van der Waals surface area contributed by atoms with Gasteiger partial charge in [0.25, 0.3) is 5.91 Å². The molecule has 2 rings (SSSR count). The van der Waals surface area contributed by atoms with Crippen molar-refractivity contribution in [1.82, 2.24) is 10.2 Å². The third-order valence-electron chi connectivity index (χ3n) is 4.55. The van der Waals surface area contributed by atoms with Crippen LogP contribution in [0.4, 0.5) is 4.39 Å². The fraction of sp³-hybridized carbons (Fsp3) is 0.579. The summed E-state index contributed by atoms with van der Waals surface area (Å²) in [5, 5.41) is 3.00. The topological polar surface area (TPSA) is 49.4 Å². The molecule has 0 unspecified atom stereocenters. The predicted octanol–water partition coefficient (Wildman–Crippen LogP) is 3.37. The van der Waals surface area contributed by atoms with E-state index in [2.05, 4.69) is 12.2 Å². The first kappa shape index (κ1) is 18.4. The Kier molecular flexibility index (Phi) is 7.22. The molecule has 132 valence electrons. The van der Waals surface area contributed by atoms with Crippen molar-refractivity contribution in [2.75, 3.05) is 19.6 Å². The lowest BCUT2D eigenvalue weighted by atomic mass is 9.95. The van der Waals surface area contributed by atoms with Crippen LogP contribution in [-0.2, 0) is 4.79 Å². The summed E-state index contributed by atoms with van der Waals surface area (Å²) in [6.07, 6.45) is 5.90. The number of rotatable bonds is 7. The minimum absolute atomic E-state index is 0.0206. The fourth-order valence-electron chi connectivity index (χ4n) is 3.06. The zero-order chi connectivity index (χ0) is 17.4. The second-order valence-corrected chi connectivity index (χ2v) is 6.43. The van der Waals surface area contributed by atoms with E-state index in [0.717, 1.165) is 19.4 Å². The summed E-state index contributed by atoms with van der Waals surface area (Å²) in [6.45, 7) is 3.99. The molecule has 24 heavy (non-hydrogen) atoms. The highest BCUT2D eigenvalue weighted by Gasteiger charge is 2.27. The summed E-state index contributed by atoms with van der Waals surface area (Å²) in [5.74, 6) is -0.483. The maximum atomic E-state index is 13.2. The Bertz CT molecular complexity index is 554. The molecule has 2 amide bonds. The molecular formula is C19H27FN2O2. The molecule has 0 radical (unpaired) electrons. The molecule has 1 aromatic rings. The van der Waals surface area contributed by atoms with E-state index in [0.29, 0.717) is 31.5 Å². The number of halogens is 1. The van der Waals surface area contributed by atoms with E-state index in [1.54, 1.807) is 17.0 Å². The number of piperidine rings is 1. The molecule has 4 nitrogen and oxygen atoms in total. The van der Waals surface area contributed by atoms with Crippen LogP contribution in [0.1, 0.15) is 55.8 Å². The average molecular weight is 334 g/mol. The number of amides is 2. The highest BCUT2D eigenvalue weighted by Crippen LogP contribution is 2.19. The molecule has 1 aromatic carbocycles. The van der Waals surface area contributed by atoms with Gasteiger partial charge in [0.1, 0.15) is 5.82 Å². The van der Waals surface area contributed by atoms with E-state index in [9.17, 15) is 14.0 Å². The molecule has 0 aromatic heterocycles. The summed E-state index contributed by atoms with van der Waals surface area (Å²) in [6, 6.07) is 5.76. The number of carbonyl (C=O) groups excluding carboxylic acids is 2. The molecular weight excluding hydrogens is 307 g/mol. The third kappa shape index (κ3) is 5.32. The van der Waals surface area contributed by atoms with Crippen LogP contribution >= 0.6 is 0 Å². The summed E-state index contributed by atoms with van der Waals surface area (Å²) < 4.78 is 13.2. The molecule has 1 saturated heterocycles. The van der Waals surface area contributed by atoms with Gasteiger partial charge in [-0.05, 0) is 37.5 Å². The van der Waals surface area contributed by atoms with Crippen LogP contribution in [0.15, 0.2) is 24.3 Å². The van der Waals surface area contributed by atoms with Gasteiger partial charge in [-0.1, -0.05) is 32.3 Å². The molecule has 5 heteroatoms. The van der Waals surface area contributed by atoms with E-state index >= 15 is 0 Å². The SMILES string of the molecule is CCCCCCNC(=O)C1CCN(C(=O)c2cccc(F)c2)CC1. The summed E-state index contributed by atoms with van der Waals surface area (Å²) in [4.78, 5) is 26.2. The average Bonchev–Trinajstić information content (AvgIpc) is 2.61. The maximum Gasteiger partial charge on any atom is 0.253 e. The van der Waals surface area contributed by atoms with Gasteiger partial charge >= 0.3 is 0 Å². The van der Waals surface area contributed by atoms with Crippen molar-refractivity contribution < 1.29 is 14.0 Å². The normalized spacial score (nSPS) is 15.3. The Balaban J connectivity index is 1.74. The number of nitrogens with one attached hydrogen (secondary N) is 1. The Morgan fingerprint density at radius 3 is 2.62 bits per heavy atom. The predicted molar refractivity (Wildman–Crippen MR) is 92.2 cm³/mol. The number of hydrogen-bond acceptors (Lipinski definition) is 2. The molecule has 1 fully saturated rings. The van der Waals surface area contributed by atoms with Crippen molar-refractivity contribution in [1.29, 1.82) is 0 Å². The van der Waals surface area contributed by atoms with Crippen LogP contribution in [0, 0.1) is 11.7 Å². The van der Waals surface area contributed by atoms with Crippen molar-refractivity contribution in [3.63, 3.8) is 0 Å². The lowest BCUT2D eigenvalue weighted by Gasteiger charge is -2.31. The zero-order valence-corrected chi connectivity index (χ0v) is 14.4. The van der Waals surface area contributed by atoms with E-state index in [1.165, 1.54) is 25.0 Å². The van der Waals surface area contributed by atoms with Crippen LogP contribution in [0.5, 0.6) is 0 Å². The van der Waals surface area contributed by atoms with Crippen LogP contribution in [0.3, 0.4) is 0 Å². The quantitative estimate of drug-likeness (QED) is 0.777. The molecule has 1 N–H and O–H groups in total. The number of benzene rings is 1. The van der Waals surface area contributed by atoms with Gasteiger partial charge in [0.2, 0.25) is 5.91 Å². The standard InChI is InChI=1S/C19H27FN2O2/c1-2-3-4-5-11-21-18(23)15-9-12-22(13-10-15)19(24)16-7-6-8-17(20)14-16/h6-8,14-15H,2-5,9-13H2,1H3,(H,21,23). The van der Waals surface area contributed by atoms with E-state index in [1.807, 2.05) is 0 Å². The van der Waals surface area contributed by atoms with Crippen molar-refractivity contribution in [2.24, 2.45) is 5.92 Å². The monoisotopic (exact) mass is 334 g/mol. The van der Waals surface area contributed by atoms with Gasteiger partial charge in [-0.2, -0.15) is 0 Å². The fourth-order valence-corrected chi connectivity index (χ4v) is 3.06. The summed E-state index contributed by atoms with van der Waals surface area (Å²) in [7, 11) is 0. The number of carbonyl (C=O) groups is 2. The first-order valence-electron chi connectivity index (χ1n) is 8.94. The first-order valence-corrected chi connectivity index (χ1v) is 8.94. The van der Waals surface area contributed by atoms with Gasteiger partial charge < -0.3 is 10.2 Å². The van der Waals surface area contributed by atoms with Crippen molar-refractivity contribution in [2.45, 2.75) is 45.4 Å². The van der Waals surface area contributed by atoms with Crippen LogP contribution in [-0.4, -0.2) is 36.3 Å². The number of unbranched alkanes of at least 4 members (excludes halogenated alkanes) is 3. The molecule has 1 heterocycles. The lowest BCUT2D eigenvalue weighted by Crippen LogP contribution is -2.43. The molecule has 1 aliphatic rings. The van der Waals surface area contributed by atoms with Gasteiger partial charge in [-0.25, -0.2) is 4.39 Å². The largest absolute Gasteiger partial charge is 0.356 e. The molecule has 0 aliphatic carbocycles. The van der Waals surface area contributed by atoms with Crippen molar-refractivity contribution in [3.05, 3.63) is 35.6 Å². The minimum Gasteiger partial charge on any atom is -0.356 e. The number of nitrogens with zero attached hydrogens (tertiary/aromatic N) is 1. The first-order chi connectivity index (χ1) is 11.6. The van der Waals surface area contributed by atoms with Crippen LogP contribution in [0.2, 0.25) is 0 Å². The van der Waals surface area contributed by atoms with Crippen LogP contribution in [0.25, 0.3) is 0 Å². The second kappa shape index (κ2) is 9.40. The summed E-state index contributed by atoms with van der Waals surface area (Å²) >= 11 is 0. The van der Waals surface area contributed by atoms with Gasteiger partial charge in [0.05, 0.1) is 0 Å². The van der Waals surface area contributed by atoms with Crippen molar-refractivity contribution in [3.8, 4) is 0 Å². The Morgan fingerprint density at radius 2 is 1.96 bits per heavy atom. The summed E-state index contributed by atoms with van der Waals surface area (Å²) in [5.41, 5.74) is 0.369. The van der Waals surface area contributed by atoms with Gasteiger partial charge in [-0.15, -0.1) is 0 Å². The molecule has 0 bridgehead atoms. The van der Waals surface area contributed by atoms with Gasteiger partial charge in [-0.3, -0.25) is 9.59 Å². The molecule has 1 aliphatic heterocycles. The minimum atomic E-state index is -0.404. The second-order valence-electron chi connectivity index (χ2n) is 6.43. The van der Waals surface area contributed by atoms with E-state index < -0.39 is 5.82 Å². The Labute approximate surface area is 143 Å². The molecule has 0 atom stereocenters. The van der Waals surface area contributed by atoms with Gasteiger partial charge in [0, 0.05) is 31.1 Å². The zero-order valence-electron chi connectivity index (χ0n) is 14.4. The van der Waals surface area contributed by atoms with Gasteiger partial charge in [0.15, 0.2) is 0 Å². The molecule has 0 saturated carbocycles. The number of hydrogen-bond donors (Lipinski definition) is 1. The highest BCUT2D eigenvalue weighted by atomic mass is 19.1.